The van der Waals surface area contributed by atoms with E-state index >= 15 is 0 Å². The molecule has 0 unspecified atom stereocenters. The molecule has 0 N–H and O–H groups in total. The maximum atomic E-state index is 14.2. The Morgan fingerprint density at radius 3 is 2.61 bits per heavy atom. The number of hydrogen-bond acceptors (Lipinski definition) is 5. The monoisotopic (exact) mass is 423 g/mol. The van der Waals surface area contributed by atoms with Crippen LogP contribution in [0, 0.1) is 11.7 Å². The first-order chi connectivity index (χ1) is 15.0. The Labute approximate surface area is 178 Å². The molecule has 3 heterocycles. The van der Waals surface area contributed by atoms with Crippen LogP contribution in [0.5, 0.6) is 0 Å². The quantitative estimate of drug-likeness (QED) is 0.603. The molecule has 1 aliphatic heterocycles. The van der Waals surface area contributed by atoms with Crippen LogP contribution in [-0.2, 0) is 16.1 Å². The summed E-state index contributed by atoms with van der Waals surface area (Å²) in [6.45, 7) is 0.678. The number of pyridine rings is 2. The Bertz CT molecular complexity index is 1200. The lowest BCUT2D eigenvalue weighted by Gasteiger charge is -2.30. The normalized spacial score (nSPS) is 14.6. The zero-order chi connectivity index (χ0) is 22.0. The van der Waals surface area contributed by atoms with E-state index < -0.39 is 17.3 Å². The van der Waals surface area contributed by atoms with Crippen LogP contribution in [0.25, 0.3) is 11.0 Å². The number of likely N-dealkylation sites (tertiary alicyclic amines) is 1. The molecular formula is C23H22FN3O4. The average Bonchev–Trinajstić information content (AvgIpc) is 2.81. The number of fused-ring (bicyclic) bond motifs is 1. The van der Waals surface area contributed by atoms with Crippen molar-refractivity contribution in [2.24, 2.45) is 5.92 Å². The van der Waals surface area contributed by atoms with Gasteiger partial charge in [-0.05, 0) is 37.1 Å². The first kappa shape index (κ1) is 20.7. The van der Waals surface area contributed by atoms with Crippen molar-refractivity contribution in [2.45, 2.75) is 19.4 Å². The Morgan fingerprint density at radius 2 is 1.90 bits per heavy atom. The molecule has 1 saturated heterocycles. The molecule has 3 aromatic rings. The molecule has 2 aromatic heterocycles. The minimum atomic E-state index is -0.519. The zero-order valence-electron chi connectivity index (χ0n) is 17.1. The van der Waals surface area contributed by atoms with E-state index in [0.717, 1.165) is 0 Å². The lowest BCUT2D eigenvalue weighted by molar-refractivity contribution is -0.146. The van der Waals surface area contributed by atoms with Gasteiger partial charge < -0.3 is 9.64 Å². The summed E-state index contributed by atoms with van der Waals surface area (Å²) in [5, 5.41) is 0.617. The van der Waals surface area contributed by atoms with E-state index in [1.54, 1.807) is 41.4 Å². The van der Waals surface area contributed by atoms with Gasteiger partial charge in [0.05, 0.1) is 19.6 Å². The molecule has 1 aromatic carbocycles. The molecular weight excluding hydrogens is 401 g/mol. The van der Waals surface area contributed by atoms with Gasteiger partial charge in [-0.25, -0.2) is 9.37 Å². The van der Waals surface area contributed by atoms with Crippen molar-refractivity contribution in [3.05, 3.63) is 76.0 Å². The van der Waals surface area contributed by atoms with E-state index in [1.807, 2.05) is 0 Å². The molecule has 0 aliphatic carbocycles. The highest BCUT2D eigenvalue weighted by Crippen LogP contribution is 2.21. The number of nitrogens with zero attached hydrogens (tertiary/aromatic N) is 3. The zero-order valence-corrected chi connectivity index (χ0v) is 17.1. The van der Waals surface area contributed by atoms with Gasteiger partial charge in [0.15, 0.2) is 0 Å². The van der Waals surface area contributed by atoms with Crippen LogP contribution in [0.2, 0.25) is 0 Å². The second-order valence-electron chi connectivity index (χ2n) is 7.55. The number of halogens is 1. The van der Waals surface area contributed by atoms with Crippen molar-refractivity contribution >= 4 is 22.9 Å². The number of carbonyl (C=O) groups excluding carboxylic acids is 2. The number of methoxy groups -OCH3 is 1. The van der Waals surface area contributed by atoms with E-state index in [-0.39, 0.29) is 24.0 Å². The fourth-order valence-electron chi connectivity index (χ4n) is 3.96. The molecule has 0 spiro atoms. The predicted octanol–water partition coefficient (Wildman–Crippen LogP) is 2.61. The average molecular weight is 423 g/mol. The second kappa shape index (κ2) is 8.67. The van der Waals surface area contributed by atoms with Crippen molar-refractivity contribution in [1.29, 1.82) is 0 Å². The van der Waals surface area contributed by atoms with E-state index in [9.17, 15) is 18.8 Å². The summed E-state index contributed by atoms with van der Waals surface area (Å²) >= 11 is 0. The molecule has 1 fully saturated rings. The first-order valence-corrected chi connectivity index (χ1v) is 10.1. The van der Waals surface area contributed by atoms with Gasteiger partial charge in [0, 0.05) is 30.2 Å². The fourth-order valence-corrected chi connectivity index (χ4v) is 3.96. The van der Waals surface area contributed by atoms with Gasteiger partial charge in [0.2, 0.25) is 0 Å². The maximum Gasteiger partial charge on any atom is 0.308 e. The standard InChI is InChI=1S/C23H22FN3O4/c1-31-23(30)15-8-11-26(12-9-15)21(28)18-13-16-6-4-10-25-20(16)27(22(18)29)14-17-5-2-3-7-19(17)24/h2-7,10,13,15H,8-9,11-12,14H2,1H3. The van der Waals surface area contributed by atoms with E-state index in [0.29, 0.717) is 42.5 Å². The summed E-state index contributed by atoms with van der Waals surface area (Å²) in [7, 11) is 1.35. The van der Waals surface area contributed by atoms with Gasteiger partial charge in [0.1, 0.15) is 17.0 Å². The number of esters is 1. The predicted molar refractivity (Wildman–Crippen MR) is 112 cm³/mol. The van der Waals surface area contributed by atoms with Gasteiger partial charge in [-0.1, -0.05) is 18.2 Å². The molecule has 1 aliphatic rings. The summed E-state index contributed by atoms with van der Waals surface area (Å²) in [6, 6.07) is 11.2. The summed E-state index contributed by atoms with van der Waals surface area (Å²) < 4.78 is 20.4. The SMILES string of the molecule is COC(=O)C1CCN(C(=O)c2cc3cccnc3n(Cc3ccccc3F)c2=O)CC1. The molecule has 160 valence electrons. The van der Waals surface area contributed by atoms with Crippen molar-refractivity contribution < 1.29 is 18.7 Å². The highest BCUT2D eigenvalue weighted by atomic mass is 19.1. The highest BCUT2D eigenvalue weighted by molar-refractivity contribution is 5.97. The number of ether oxygens (including phenoxy) is 1. The molecule has 31 heavy (non-hydrogen) atoms. The van der Waals surface area contributed by atoms with Crippen LogP contribution in [0.15, 0.2) is 53.5 Å². The number of carbonyl (C=O) groups is 2. The number of aromatic nitrogens is 2. The molecule has 8 heteroatoms. The van der Waals surface area contributed by atoms with Crippen LogP contribution in [0.1, 0.15) is 28.8 Å². The minimum Gasteiger partial charge on any atom is -0.469 e. The summed E-state index contributed by atoms with van der Waals surface area (Å²) in [4.78, 5) is 44.1. The van der Waals surface area contributed by atoms with Crippen LogP contribution < -0.4 is 5.56 Å². The second-order valence-corrected chi connectivity index (χ2v) is 7.55. The number of hydrogen-bond donors (Lipinski definition) is 0. The van der Waals surface area contributed by atoms with Crippen molar-refractivity contribution in [3.8, 4) is 0 Å². The number of rotatable bonds is 4. The smallest absolute Gasteiger partial charge is 0.308 e. The Kier molecular flexibility index (Phi) is 5.79. The highest BCUT2D eigenvalue weighted by Gasteiger charge is 2.30. The van der Waals surface area contributed by atoms with Gasteiger partial charge in [-0.15, -0.1) is 0 Å². The van der Waals surface area contributed by atoms with E-state index in [2.05, 4.69) is 4.98 Å². The lowest BCUT2D eigenvalue weighted by atomic mass is 9.96. The largest absolute Gasteiger partial charge is 0.469 e. The topological polar surface area (TPSA) is 81.5 Å². The van der Waals surface area contributed by atoms with Gasteiger partial charge in [0.25, 0.3) is 11.5 Å². The van der Waals surface area contributed by atoms with Gasteiger partial charge in [-0.3, -0.25) is 19.0 Å². The summed E-state index contributed by atoms with van der Waals surface area (Å²) in [5.74, 6) is -1.36. The molecule has 7 nitrogen and oxygen atoms in total. The third-order valence-electron chi connectivity index (χ3n) is 5.68. The Morgan fingerprint density at radius 1 is 1.16 bits per heavy atom. The third kappa shape index (κ3) is 4.05. The van der Waals surface area contributed by atoms with E-state index in [1.165, 1.54) is 23.8 Å². The summed E-state index contributed by atoms with van der Waals surface area (Å²) in [6.07, 6.45) is 2.52. The molecule has 0 saturated carbocycles. The Balaban J connectivity index is 1.70. The molecule has 1 amide bonds. The first-order valence-electron chi connectivity index (χ1n) is 10.1. The van der Waals surface area contributed by atoms with Crippen molar-refractivity contribution in [1.82, 2.24) is 14.5 Å². The Hall–Kier alpha value is -3.55. The summed E-state index contributed by atoms with van der Waals surface area (Å²) in [5.41, 5.74) is 0.208. The lowest BCUT2D eigenvalue weighted by Crippen LogP contribution is -2.43. The van der Waals surface area contributed by atoms with Crippen molar-refractivity contribution in [2.75, 3.05) is 20.2 Å². The van der Waals surface area contributed by atoms with Crippen LogP contribution >= 0.6 is 0 Å². The van der Waals surface area contributed by atoms with Gasteiger partial charge in [-0.2, -0.15) is 0 Å². The number of benzene rings is 1. The minimum absolute atomic E-state index is 0.00774. The molecule has 0 bridgehead atoms. The number of piperidine rings is 1. The van der Waals surface area contributed by atoms with Crippen LogP contribution in [0.4, 0.5) is 4.39 Å². The van der Waals surface area contributed by atoms with Crippen LogP contribution in [-0.4, -0.2) is 46.5 Å². The third-order valence-corrected chi connectivity index (χ3v) is 5.68. The van der Waals surface area contributed by atoms with Crippen LogP contribution in [0.3, 0.4) is 0 Å². The van der Waals surface area contributed by atoms with E-state index in [4.69, 9.17) is 4.74 Å². The number of amides is 1. The molecule has 0 radical (unpaired) electrons. The van der Waals surface area contributed by atoms with Gasteiger partial charge >= 0.3 is 5.97 Å². The maximum absolute atomic E-state index is 14.2. The van der Waals surface area contributed by atoms with Crippen molar-refractivity contribution in [3.63, 3.8) is 0 Å². The fraction of sp³-hybridized carbons (Fsp3) is 0.304. The molecule has 0 atom stereocenters. The molecule has 4 rings (SSSR count).